The number of nitrogens with zero attached hydrogens (tertiary/aromatic N) is 3. The number of hydrogen-bond donors (Lipinski definition) is 1. The molecule has 4 rings (SSSR count). The predicted molar refractivity (Wildman–Crippen MR) is 127 cm³/mol. The van der Waals surface area contributed by atoms with Crippen LogP contribution < -0.4 is 10.2 Å². The van der Waals surface area contributed by atoms with E-state index in [0.29, 0.717) is 18.0 Å². The van der Waals surface area contributed by atoms with Crippen molar-refractivity contribution < 1.29 is 9.59 Å². The van der Waals surface area contributed by atoms with Gasteiger partial charge in [-0.05, 0) is 36.2 Å². The summed E-state index contributed by atoms with van der Waals surface area (Å²) in [6, 6.07) is 16.4. The van der Waals surface area contributed by atoms with Crippen LogP contribution in [0.25, 0.3) is 10.2 Å². The summed E-state index contributed by atoms with van der Waals surface area (Å²) in [5, 5.41) is 3.49. The second kappa shape index (κ2) is 9.47. The fourth-order valence-electron chi connectivity index (χ4n) is 3.69. The van der Waals surface area contributed by atoms with Crippen molar-refractivity contribution in [3.63, 3.8) is 0 Å². The monoisotopic (exact) mass is 436 g/mol. The first-order valence-electron chi connectivity index (χ1n) is 10.8. The average Bonchev–Trinajstić information content (AvgIpc) is 3.19. The molecule has 1 saturated heterocycles. The number of carbonyl (C=O) groups excluding carboxylic acids is 2. The van der Waals surface area contributed by atoms with Gasteiger partial charge in [-0.25, -0.2) is 4.98 Å². The van der Waals surface area contributed by atoms with Gasteiger partial charge in [0.2, 0.25) is 11.8 Å². The van der Waals surface area contributed by atoms with Gasteiger partial charge in [0, 0.05) is 44.2 Å². The normalized spacial score (nSPS) is 14.3. The highest BCUT2D eigenvalue weighted by Crippen LogP contribution is 2.27. The van der Waals surface area contributed by atoms with Crippen molar-refractivity contribution in [2.75, 3.05) is 36.4 Å². The number of anilines is 2. The van der Waals surface area contributed by atoms with Gasteiger partial charge in [-0.1, -0.05) is 49.4 Å². The third-order valence-electron chi connectivity index (χ3n) is 5.59. The minimum atomic E-state index is -0.0804. The van der Waals surface area contributed by atoms with Crippen LogP contribution in [0.3, 0.4) is 0 Å². The van der Waals surface area contributed by atoms with Crippen molar-refractivity contribution in [2.45, 2.75) is 26.7 Å². The molecule has 1 aliphatic rings. The molecule has 0 radical (unpaired) electrons. The van der Waals surface area contributed by atoms with E-state index in [1.54, 1.807) is 0 Å². The van der Waals surface area contributed by atoms with Crippen molar-refractivity contribution in [1.29, 1.82) is 0 Å². The van der Waals surface area contributed by atoms with Gasteiger partial charge in [0.05, 0.1) is 10.2 Å². The molecule has 1 N–H and O–H groups in total. The number of nitrogens with one attached hydrogen (secondary N) is 1. The molecule has 0 spiro atoms. The molecule has 0 aliphatic carbocycles. The van der Waals surface area contributed by atoms with Gasteiger partial charge in [0.15, 0.2) is 5.13 Å². The highest BCUT2D eigenvalue weighted by atomic mass is 32.1. The first-order valence-corrected chi connectivity index (χ1v) is 11.6. The van der Waals surface area contributed by atoms with Gasteiger partial charge in [0.1, 0.15) is 0 Å². The van der Waals surface area contributed by atoms with E-state index in [1.807, 2.05) is 49.1 Å². The SMILES string of the molecule is CC(C)C(=O)Nc1nc2ccc(CCC(=O)N3CCN(c4ccccc4)CC3)cc2s1. The molecule has 7 heteroatoms. The first-order chi connectivity index (χ1) is 15.0. The minimum absolute atomic E-state index is 0.0303. The van der Waals surface area contributed by atoms with E-state index >= 15 is 0 Å². The first kappa shape index (κ1) is 21.3. The van der Waals surface area contributed by atoms with E-state index in [9.17, 15) is 9.59 Å². The molecule has 6 nitrogen and oxygen atoms in total. The summed E-state index contributed by atoms with van der Waals surface area (Å²) in [4.78, 5) is 33.4. The molecule has 2 aromatic carbocycles. The molecule has 2 heterocycles. The van der Waals surface area contributed by atoms with Crippen LogP contribution in [-0.4, -0.2) is 47.9 Å². The number of piperazine rings is 1. The smallest absolute Gasteiger partial charge is 0.228 e. The standard InChI is InChI=1S/C24H28N4O2S/c1-17(2)23(30)26-24-25-20-10-8-18(16-21(20)31-24)9-11-22(29)28-14-12-27(13-15-28)19-6-4-3-5-7-19/h3-8,10,16-17H,9,11-15H2,1-2H3,(H,25,26,30). The number of aryl methyl sites for hydroxylation is 1. The Balaban J connectivity index is 1.30. The van der Waals surface area contributed by atoms with Crippen molar-refractivity contribution >= 4 is 44.2 Å². The van der Waals surface area contributed by atoms with E-state index < -0.39 is 0 Å². The number of thiazole rings is 1. The fraction of sp³-hybridized carbons (Fsp3) is 0.375. The van der Waals surface area contributed by atoms with Gasteiger partial charge in [-0.2, -0.15) is 0 Å². The van der Waals surface area contributed by atoms with Crippen LogP contribution in [0.2, 0.25) is 0 Å². The fourth-order valence-corrected chi connectivity index (χ4v) is 4.62. The Morgan fingerprint density at radius 1 is 1.06 bits per heavy atom. The van der Waals surface area contributed by atoms with E-state index in [2.05, 4.69) is 33.4 Å². The Labute approximate surface area is 186 Å². The van der Waals surface area contributed by atoms with Gasteiger partial charge in [-0.3, -0.25) is 9.59 Å². The Hall–Kier alpha value is -2.93. The van der Waals surface area contributed by atoms with Crippen LogP contribution in [0.4, 0.5) is 10.8 Å². The highest BCUT2D eigenvalue weighted by molar-refractivity contribution is 7.22. The van der Waals surface area contributed by atoms with Crippen molar-refractivity contribution in [1.82, 2.24) is 9.88 Å². The maximum atomic E-state index is 12.7. The van der Waals surface area contributed by atoms with Crippen LogP contribution in [0.15, 0.2) is 48.5 Å². The lowest BCUT2D eigenvalue weighted by molar-refractivity contribution is -0.131. The molecule has 162 valence electrons. The highest BCUT2D eigenvalue weighted by Gasteiger charge is 2.21. The number of fused-ring (bicyclic) bond motifs is 1. The van der Waals surface area contributed by atoms with Crippen LogP contribution in [-0.2, 0) is 16.0 Å². The Morgan fingerprint density at radius 2 is 1.81 bits per heavy atom. The maximum absolute atomic E-state index is 12.7. The van der Waals surface area contributed by atoms with Gasteiger partial charge >= 0.3 is 0 Å². The van der Waals surface area contributed by atoms with Crippen LogP contribution in [0, 0.1) is 5.92 Å². The number of aromatic nitrogens is 1. The third kappa shape index (κ3) is 5.22. The number of rotatable bonds is 6. The second-order valence-electron chi connectivity index (χ2n) is 8.17. The van der Waals surface area contributed by atoms with Crippen molar-refractivity contribution in [3.05, 3.63) is 54.1 Å². The zero-order valence-electron chi connectivity index (χ0n) is 18.0. The summed E-state index contributed by atoms with van der Waals surface area (Å²) < 4.78 is 1.03. The summed E-state index contributed by atoms with van der Waals surface area (Å²) in [7, 11) is 0. The molecule has 1 aromatic heterocycles. The number of amides is 2. The number of hydrogen-bond acceptors (Lipinski definition) is 5. The molecule has 0 unspecified atom stereocenters. The molecule has 31 heavy (non-hydrogen) atoms. The largest absolute Gasteiger partial charge is 0.368 e. The summed E-state index contributed by atoms with van der Waals surface area (Å²) in [5.41, 5.74) is 3.21. The lowest BCUT2D eigenvalue weighted by Gasteiger charge is -2.36. The van der Waals surface area contributed by atoms with E-state index in [4.69, 9.17) is 0 Å². The molecule has 0 saturated carbocycles. The molecule has 1 fully saturated rings. The molecular formula is C24H28N4O2S. The Kier molecular flexibility index (Phi) is 6.51. The van der Waals surface area contributed by atoms with Gasteiger partial charge in [0.25, 0.3) is 0 Å². The second-order valence-corrected chi connectivity index (χ2v) is 9.20. The molecular weight excluding hydrogens is 408 g/mol. The third-order valence-corrected chi connectivity index (χ3v) is 6.52. The summed E-state index contributed by atoms with van der Waals surface area (Å²) in [6.45, 7) is 6.99. The van der Waals surface area contributed by atoms with E-state index in [1.165, 1.54) is 17.0 Å². The quantitative estimate of drug-likeness (QED) is 0.630. The topological polar surface area (TPSA) is 65.5 Å². The van der Waals surface area contributed by atoms with Crippen LogP contribution in [0.1, 0.15) is 25.8 Å². The van der Waals surface area contributed by atoms with Crippen LogP contribution in [0.5, 0.6) is 0 Å². The molecule has 0 bridgehead atoms. The molecule has 0 atom stereocenters. The van der Waals surface area contributed by atoms with Crippen molar-refractivity contribution in [3.8, 4) is 0 Å². The van der Waals surface area contributed by atoms with E-state index in [-0.39, 0.29) is 17.7 Å². The van der Waals surface area contributed by atoms with Crippen LogP contribution >= 0.6 is 11.3 Å². The number of para-hydroxylation sites is 1. The minimum Gasteiger partial charge on any atom is -0.368 e. The number of carbonyl (C=O) groups is 2. The summed E-state index contributed by atoms with van der Waals surface area (Å²) >= 11 is 1.47. The maximum Gasteiger partial charge on any atom is 0.228 e. The average molecular weight is 437 g/mol. The lowest BCUT2D eigenvalue weighted by atomic mass is 10.1. The van der Waals surface area contributed by atoms with Gasteiger partial charge in [-0.15, -0.1) is 0 Å². The molecule has 2 amide bonds. The number of benzene rings is 2. The Bertz CT molecular complexity index is 1060. The zero-order chi connectivity index (χ0) is 21.8. The van der Waals surface area contributed by atoms with Gasteiger partial charge < -0.3 is 15.1 Å². The lowest BCUT2D eigenvalue weighted by Crippen LogP contribution is -2.48. The zero-order valence-corrected chi connectivity index (χ0v) is 18.8. The summed E-state index contributed by atoms with van der Waals surface area (Å²) in [5.74, 6) is 0.0994. The summed E-state index contributed by atoms with van der Waals surface area (Å²) in [6.07, 6.45) is 1.21. The predicted octanol–water partition coefficient (Wildman–Crippen LogP) is 4.17. The Morgan fingerprint density at radius 3 is 2.52 bits per heavy atom. The molecule has 3 aromatic rings. The molecule has 1 aliphatic heterocycles. The van der Waals surface area contributed by atoms with E-state index in [0.717, 1.165) is 42.0 Å². The van der Waals surface area contributed by atoms with Crippen molar-refractivity contribution in [2.24, 2.45) is 5.92 Å².